The molecule has 3 aromatic carbocycles. The second-order valence-corrected chi connectivity index (χ2v) is 7.88. The number of hydrogen-bond acceptors (Lipinski definition) is 4. The molecule has 0 fully saturated rings. The number of aliphatic hydroxyl groups excluding tert-OH is 1. The van der Waals surface area contributed by atoms with Crippen LogP contribution < -0.4 is 10.6 Å². The first-order chi connectivity index (χ1) is 14.0. The van der Waals surface area contributed by atoms with Gasteiger partial charge in [-0.15, -0.1) is 0 Å². The first-order valence-corrected chi connectivity index (χ1v) is 9.94. The Labute approximate surface area is 176 Å². The number of rotatable bonds is 5. The molecule has 5 heteroatoms. The van der Waals surface area contributed by atoms with Crippen molar-refractivity contribution in [3.8, 4) is 0 Å². The largest absolute Gasteiger partial charge is 0.369 e. The number of aliphatic hydroxyl groups is 1. The van der Waals surface area contributed by atoms with E-state index in [0.717, 1.165) is 40.3 Å². The quantitative estimate of drug-likeness (QED) is 0.551. The van der Waals surface area contributed by atoms with Crippen molar-refractivity contribution >= 4 is 34.2 Å². The zero-order chi connectivity index (χ0) is 20.4. The van der Waals surface area contributed by atoms with Crippen LogP contribution in [0.4, 0.5) is 11.4 Å². The molecule has 1 aliphatic rings. The van der Waals surface area contributed by atoms with E-state index in [9.17, 15) is 5.11 Å². The number of nitrogens with one attached hydrogen (secondary N) is 2. The molecule has 0 radical (unpaired) electrons. The maximum absolute atomic E-state index is 10.8. The second kappa shape index (κ2) is 8.29. The lowest BCUT2D eigenvalue weighted by molar-refractivity contribution is 0.266. The molecule has 1 atom stereocenters. The van der Waals surface area contributed by atoms with Gasteiger partial charge in [-0.3, -0.25) is 0 Å². The second-order valence-electron chi connectivity index (χ2n) is 7.45. The predicted molar refractivity (Wildman–Crippen MR) is 122 cm³/mol. The number of nitrogens with zero attached hydrogens (tertiary/aromatic N) is 1. The lowest BCUT2D eigenvalue weighted by atomic mass is 9.99. The van der Waals surface area contributed by atoms with E-state index in [-0.39, 0.29) is 0 Å². The molecule has 0 saturated heterocycles. The summed E-state index contributed by atoms with van der Waals surface area (Å²) in [5.41, 5.74) is 6.74. The zero-order valence-corrected chi connectivity index (χ0v) is 17.2. The van der Waals surface area contributed by atoms with Crippen LogP contribution in [-0.4, -0.2) is 30.3 Å². The van der Waals surface area contributed by atoms with Gasteiger partial charge in [0.05, 0.1) is 5.70 Å². The van der Waals surface area contributed by atoms with Gasteiger partial charge in [0, 0.05) is 34.1 Å². The molecule has 0 spiro atoms. The number of hydrogen-bond donors (Lipinski definition) is 3. The van der Waals surface area contributed by atoms with Gasteiger partial charge < -0.3 is 20.6 Å². The molecule has 0 amide bonds. The topological polar surface area (TPSA) is 47.5 Å². The number of benzene rings is 3. The standard InChI is InChI=1S/C24H24ClN3O/c1-28(2)15-16-7-13-19(14-8-16)26-23(17-9-11-18(25)12-10-17)22-20-5-3-4-6-21(20)27-24(22)29/h3-14,24,26-27,29H,15H2,1-2H3/b23-22-. The van der Waals surface area contributed by atoms with Gasteiger partial charge in [-0.1, -0.05) is 54.1 Å². The predicted octanol–water partition coefficient (Wildman–Crippen LogP) is 5.13. The van der Waals surface area contributed by atoms with E-state index in [2.05, 4.69) is 53.9 Å². The third-order valence-electron chi connectivity index (χ3n) is 4.91. The fourth-order valence-electron chi connectivity index (χ4n) is 3.60. The maximum atomic E-state index is 10.8. The Hall–Kier alpha value is -2.79. The van der Waals surface area contributed by atoms with Gasteiger partial charge in [-0.25, -0.2) is 0 Å². The van der Waals surface area contributed by atoms with Crippen molar-refractivity contribution in [1.29, 1.82) is 0 Å². The van der Waals surface area contributed by atoms with Crippen LogP contribution in [0, 0.1) is 0 Å². The van der Waals surface area contributed by atoms with Gasteiger partial charge in [0.25, 0.3) is 0 Å². The summed E-state index contributed by atoms with van der Waals surface area (Å²) in [5, 5.41) is 18.1. The zero-order valence-electron chi connectivity index (χ0n) is 16.5. The molecule has 0 bridgehead atoms. The normalized spacial score (nSPS) is 17.1. The highest BCUT2D eigenvalue weighted by atomic mass is 35.5. The molecule has 1 unspecified atom stereocenters. The van der Waals surface area contributed by atoms with Crippen molar-refractivity contribution in [3.05, 3.63) is 94.5 Å². The number of halogens is 1. The van der Waals surface area contributed by atoms with Crippen LogP contribution in [0.15, 0.2) is 72.8 Å². The Morgan fingerprint density at radius 1 is 1.00 bits per heavy atom. The van der Waals surface area contributed by atoms with Crippen LogP contribution >= 0.6 is 11.6 Å². The third-order valence-corrected chi connectivity index (χ3v) is 5.16. The van der Waals surface area contributed by atoms with Gasteiger partial charge in [-0.2, -0.15) is 0 Å². The van der Waals surface area contributed by atoms with E-state index in [1.165, 1.54) is 5.56 Å². The van der Waals surface area contributed by atoms with Crippen molar-refractivity contribution in [2.75, 3.05) is 24.7 Å². The van der Waals surface area contributed by atoms with Gasteiger partial charge >= 0.3 is 0 Å². The number of fused-ring (bicyclic) bond motifs is 1. The molecule has 3 N–H and O–H groups in total. The molecule has 4 nitrogen and oxygen atoms in total. The van der Waals surface area contributed by atoms with Gasteiger partial charge in [0.2, 0.25) is 0 Å². The van der Waals surface area contributed by atoms with Crippen LogP contribution in [0.3, 0.4) is 0 Å². The van der Waals surface area contributed by atoms with Crippen molar-refractivity contribution in [2.24, 2.45) is 0 Å². The lowest BCUT2D eigenvalue weighted by Crippen LogP contribution is -2.16. The summed E-state index contributed by atoms with van der Waals surface area (Å²) in [4.78, 5) is 2.14. The highest BCUT2D eigenvalue weighted by molar-refractivity contribution is 6.30. The molecule has 148 valence electrons. The summed E-state index contributed by atoms with van der Waals surface area (Å²) in [6.45, 7) is 0.890. The molecule has 0 aromatic heterocycles. The van der Waals surface area contributed by atoms with Crippen molar-refractivity contribution < 1.29 is 5.11 Å². The van der Waals surface area contributed by atoms with Crippen molar-refractivity contribution in [3.63, 3.8) is 0 Å². The summed E-state index contributed by atoms with van der Waals surface area (Å²) in [5.74, 6) is 0. The Kier molecular flexibility index (Phi) is 5.58. The number of anilines is 2. The van der Waals surface area contributed by atoms with Crippen LogP contribution in [0.5, 0.6) is 0 Å². The molecule has 0 aliphatic carbocycles. The maximum Gasteiger partial charge on any atom is 0.153 e. The van der Waals surface area contributed by atoms with E-state index in [1.54, 1.807) is 0 Å². The molecular weight excluding hydrogens is 382 g/mol. The highest BCUT2D eigenvalue weighted by Gasteiger charge is 2.28. The van der Waals surface area contributed by atoms with E-state index < -0.39 is 6.23 Å². The fraction of sp³-hybridized carbons (Fsp3) is 0.167. The molecule has 1 heterocycles. The highest BCUT2D eigenvalue weighted by Crippen LogP contribution is 2.39. The first-order valence-electron chi connectivity index (χ1n) is 9.56. The summed E-state index contributed by atoms with van der Waals surface area (Å²) in [6, 6.07) is 23.9. The Morgan fingerprint density at radius 2 is 1.69 bits per heavy atom. The van der Waals surface area contributed by atoms with E-state index >= 15 is 0 Å². The molecule has 1 aliphatic heterocycles. The van der Waals surface area contributed by atoms with E-state index in [1.807, 2.05) is 48.5 Å². The smallest absolute Gasteiger partial charge is 0.153 e. The van der Waals surface area contributed by atoms with Crippen LogP contribution in [0.25, 0.3) is 11.3 Å². The van der Waals surface area contributed by atoms with E-state index in [0.29, 0.717) is 5.02 Å². The van der Waals surface area contributed by atoms with Crippen molar-refractivity contribution in [2.45, 2.75) is 12.8 Å². The number of para-hydroxylation sites is 1. The Morgan fingerprint density at radius 3 is 2.38 bits per heavy atom. The van der Waals surface area contributed by atoms with E-state index in [4.69, 9.17) is 11.6 Å². The fourth-order valence-corrected chi connectivity index (χ4v) is 3.72. The minimum Gasteiger partial charge on any atom is -0.369 e. The average molecular weight is 406 g/mol. The molecule has 4 rings (SSSR count). The minimum atomic E-state index is -0.793. The summed E-state index contributed by atoms with van der Waals surface area (Å²) in [7, 11) is 4.11. The van der Waals surface area contributed by atoms with Gasteiger partial charge in [0.1, 0.15) is 0 Å². The minimum absolute atomic E-state index is 0.677. The van der Waals surface area contributed by atoms with Crippen LogP contribution in [0.2, 0.25) is 5.02 Å². The first kappa shape index (κ1) is 19.5. The SMILES string of the molecule is CN(C)Cc1ccc(N/C(=C2/c3ccccc3NC2O)c2ccc(Cl)cc2)cc1. The average Bonchev–Trinajstić information content (AvgIpc) is 3.03. The molecule has 3 aromatic rings. The Balaban J connectivity index is 1.77. The molecular formula is C24H24ClN3O. The summed E-state index contributed by atoms with van der Waals surface area (Å²) < 4.78 is 0. The van der Waals surface area contributed by atoms with Crippen LogP contribution in [0.1, 0.15) is 16.7 Å². The van der Waals surface area contributed by atoms with Gasteiger partial charge in [0.15, 0.2) is 6.23 Å². The molecule has 29 heavy (non-hydrogen) atoms. The van der Waals surface area contributed by atoms with Gasteiger partial charge in [-0.05, 0) is 55.6 Å². The Bertz CT molecular complexity index is 1030. The van der Waals surface area contributed by atoms with Crippen molar-refractivity contribution in [1.82, 2.24) is 4.90 Å². The van der Waals surface area contributed by atoms with Crippen LogP contribution in [-0.2, 0) is 6.54 Å². The molecule has 0 saturated carbocycles. The monoisotopic (exact) mass is 405 g/mol. The summed E-state index contributed by atoms with van der Waals surface area (Å²) in [6.07, 6.45) is -0.793. The summed E-state index contributed by atoms with van der Waals surface area (Å²) >= 11 is 6.10. The third kappa shape index (κ3) is 4.30. The lowest BCUT2D eigenvalue weighted by Gasteiger charge is -2.18.